The fourth-order valence-corrected chi connectivity index (χ4v) is 1.98. The minimum absolute atomic E-state index is 0.530. The Labute approximate surface area is 131 Å². The maximum atomic E-state index is 13.6. The normalized spacial score (nSPS) is 13.0. The van der Waals surface area contributed by atoms with Crippen molar-refractivity contribution in [1.29, 1.82) is 0 Å². The zero-order chi connectivity index (χ0) is 16.5. The maximum Gasteiger partial charge on any atom is 0.416 e. The molecule has 2 rings (SSSR count). The highest BCUT2D eigenvalue weighted by atomic mass is 79.9. The van der Waals surface area contributed by atoms with Crippen LogP contribution in [0.15, 0.2) is 35.1 Å². The Hall–Kier alpha value is -1.90. The number of amides is 1. The Kier molecular flexibility index (Phi) is 4.55. The van der Waals surface area contributed by atoms with E-state index in [0.717, 1.165) is 0 Å². The number of carbonyl (C=O) groups is 1. The van der Waals surface area contributed by atoms with Crippen molar-refractivity contribution >= 4 is 27.5 Å². The van der Waals surface area contributed by atoms with E-state index in [4.69, 9.17) is 0 Å². The van der Waals surface area contributed by atoms with Crippen LogP contribution in [0.25, 0.3) is 0 Å². The molecule has 22 heavy (non-hydrogen) atoms. The molecule has 0 saturated carbocycles. The molecule has 1 aromatic heterocycles. The molecule has 0 spiro atoms. The summed E-state index contributed by atoms with van der Waals surface area (Å²) in [6.07, 6.45) is -1.65. The van der Waals surface area contributed by atoms with E-state index in [0.29, 0.717) is 22.7 Å². The summed E-state index contributed by atoms with van der Waals surface area (Å²) in [5, 5.41) is 6.03. The number of aromatic nitrogens is 2. The van der Waals surface area contributed by atoms with Crippen LogP contribution in [0, 0.1) is 5.82 Å². The van der Waals surface area contributed by atoms with E-state index < -0.39 is 35.2 Å². The lowest BCUT2D eigenvalue weighted by atomic mass is 10.1. The predicted molar refractivity (Wildman–Crippen MR) is 74.7 cm³/mol. The van der Waals surface area contributed by atoms with Gasteiger partial charge in [-0.15, -0.1) is 0 Å². The second kappa shape index (κ2) is 6.07. The highest BCUT2D eigenvalue weighted by Gasteiger charge is 2.31. The molecule has 1 aromatic carbocycles. The molecular weight excluding hydrogens is 370 g/mol. The molecule has 1 atom stereocenters. The molecule has 1 unspecified atom stereocenters. The van der Waals surface area contributed by atoms with Crippen LogP contribution in [-0.4, -0.2) is 15.7 Å². The van der Waals surface area contributed by atoms with Gasteiger partial charge in [0.15, 0.2) is 0 Å². The van der Waals surface area contributed by atoms with Crippen LogP contribution in [-0.2, 0) is 11.0 Å². The summed E-state index contributed by atoms with van der Waals surface area (Å²) in [6.45, 7) is 1.49. The molecular formula is C13H10BrF4N3O. The summed E-state index contributed by atoms with van der Waals surface area (Å²) in [4.78, 5) is 12.0. The Morgan fingerprint density at radius 1 is 1.41 bits per heavy atom. The van der Waals surface area contributed by atoms with Crippen LogP contribution < -0.4 is 5.32 Å². The van der Waals surface area contributed by atoms with Gasteiger partial charge in [0.1, 0.15) is 11.9 Å². The Morgan fingerprint density at radius 2 is 2.09 bits per heavy atom. The first-order chi connectivity index (χ1) is 10.2. The van der Waals surface area contributed by atoms with Crippen LogP contribution in [0.4, 0.5) is 23.2 Å². The van der Waals surface area contributed by atoms with Gasteiger partial charge < -0.3 is 5.32 Å². The maximum absolute atomic E-state index is 13.6. The van der Waals surface area contributed by atoms with Crippen molar-refractivity contribution in [3.63, 3.8) is 0 Å². The highest BCUT2D eigenvalue weighted by molar-refractivity contribution is 9.10. The van der Waals surface area contributed by atoms with Crippen molar-refractivity contribution in [3.8, 4) is 0 Å². The number of rotatable bonds is 3. The average molecular weight is 380 g/mol. The van der Waals surface area contributed by atoms with E-state index in [1.54, 1.807) is 0 Å². The quantitative estimate of drug-likeness (QED) is 0.819. The summed E-state index contributed by atoms with van der Waals surface area (Å²) in [5.41, 5.74) is -1.57. The average Bonchev–Trinajstić information content (AvgIpc) is 2.85. The Morgan fingerprint density at radius 3 is 2.64 bits per heavy atom. The number of anilines is 1. The molecule has 0 bridgehead atoms. The van der Waals surface area contributed by atoms with E-state index in [9.17, 15) is 22.4 Å². The van der Waals surface area contributed by atoms with Crippen LogP contribution in [0.3, 0.4) is 0 Å². The zero-order valence-corrected chi connectivity index (χ0v) is 12.7. The first kappa shape index (κ1) is 16.5. The van der Waals surface area contributed by atoms with Gasteiger partial charge >= 0.3 is 6.18 Å². The summed E-state index contributed by atoms with van der Waals surface area (Å²) >= 11 is 3.16. The fraction of sp³-hybridized carbons (Fsp3) is 0.231. The number of nitrogens with one attached hydrogen (secondary N) is 1. The lowest BCUT2D eigenvalue weighted by Crippen LogP contribution is -2.24. The number of nitrogens with zero attached hydrogens (tertiary/aromatic N) is 2. The minimum Gasteiger partial charge on any atom is -0.322 e. The topological polar surface area (TPSA) is 46.9 Å². The molecule has 1 N–H and O–H groups in total. The lowest BCUT2D eigenvalue weighted by Gasteiger charge is -2.14. The van der Waals surface area contributed by atoms with Gasteiger partial charge in [0.05, 0.1) is 21.9 Å². The van der Waals surface area contributed by atoms with Crippen molar-refractivity contribution in [2.45, 2.75) is 19.1 Å². The lowest BCUT2D eigenvalue weighted by molar-refractivity contribution is -0.137. The number of alkyl halides is 3. The van der Waals surface area contributed by atoms with Crippen molar-refractivity contribution < 1.29 is 22.4 Å². The van der Waals surface area contributed by atoms with Crippen molar-refractivity contribution in [3.05, 3.63) is 46.4 Å². The number of benzene rings is 1. The molecule has 4 nitrogen and oxygen atoms in total. The number of carbonyl (C=O) groups excluding carboxylic acids is 1. The molecule has 1 amide bonds. The molecule has 0 aliphatic heterocycles. The highest BCUT2D eigenvalue weighted by Crippen LogP contribution is 2.32. The second-order valence-electron chi connectivity index (χ2n) is 4.50. The van der Waals surface area contributed by atoms with Gasteiger partial charge in [0.2, 0.25) is 5.91 Å². The van der Waals surface area contributed by atoms with Crippen LogP contribution in [0.2, 0.25) is 0 Å². The van der Waals surface area contributed by atoms with Gasteiger partial charge in [-0.2, -0.15) is 18.3 Å². The van der Waals surface area contributed by atoms with Gasteiger partial charge in [-0.1, -0.05) is 0 Å². The van der Waals surface area contributed by atoms with Gasteiger partial charge in [0, 0.05) is 6.20 Å². The van der Waals surface area contributed by atoms with Gasteiger partial charge in [-0.25, -0.2) is 4.39 Å². The van der Waals surface area contributed by atoms with Gasteiger partial charge in [-0.3, -0.25) is 9.48 Å². The monoisotopic (exact) mass is 379 g/mol. The molecule has 0 aliphatic carbocycles. The number of hydrogen-bond donors (Lipinski definition) is 1. The van der Waals surface area contributed by atoms with Gasteiger partial charge in [-0.05, 0) is 41.1 Å². The van der Waals surface area contributed by atoms with E-state index in [1.807, 2.05) is 0 Å². The van der Waals surface area contributed by atoms with Crippen LogP contribution in [0.5, 0.6) is 0 Å². The van der Waals surface area contributed by atoms with E-state index >= 15 is 0 Å². The number of halogens is 5. The van der Waals surface area contributed by atoms with Crippen molar-refractivity contribution in [2.24, 2.45) is 0 Å². The Bertz CT molecular complexity index is 699. The smallest absolute Gasteiger partial charge is 0.322 e. The van der Waals surface area contributed by atoms with E-state index in [1.165, 1.54) is 24.0 Å². The van der Waals surface area contributed by atoms with Crippen molar-refractivity contribution in [1.82, 2.24) is 9.78 Å². The molecule has 1 heterocycles. The van der Waals surface area contributed by atoms with Crippen molar-refractivity contribution in [2.75, 3.05) is 5.32 Å². The predicted octanol–water partition coefficient (Wildman–Crippen LogP) is 4.00. The Balaban J connectivity index is 2.21. The summed E-state index contributed by atoms with van der Waals surface area (Å²) in [5.74, 6) is -1.64. The molecule has 0 saturated heterocycles. The largest absolute Gasteiger partial charge is 0.416 e. The third-order valence-corrected chi connectivity index (χ3v) is 3.31. The SMILES string of the molecule is CC(C(=O)Nc1cc(C(F)(F)F)ccc1F)n1cc(Br)cn1. The van der Waals surface area contributed by atoms with Crippen LogP contribution in [0.1, 0.15) is 18.5 Å². The first-order valence-corrected chi connectivity index (χ1v) is 6.85. The standard InChI is InChI=1S/C13H10BrF4N3O/c1-7(21-6-9(14)5-19-21)12(22)20-11-4-8(13(16,17)18)2-3-10(11)15/h2-7H,1H3,(H,20,22). The molecule has 0 aliphatic rings. The second-order valence-corrected chi connectivity index (χ2v) is 5.41. The third kappa shape index (κ3) is 3.65. The third-order valence-electron chi connectivity index (χ3n) is 2.90. The molecule has 9 heteroatoms. The summed E-state index contributed by atoms with van der Waals surface area (Å²) in [7, 11) is 0. The van der Waals surface area contributed by atoms with E-state index in [2.05, 4.69) is 26.3 Å². The molecule has 0 radical (unpaired) electrons. The minimum atomic E-state index is -4.62. The number of hydrogen-bond acceptors (Lipinski definition) is 2. The zero-order valence-electron chi connectivity index (χ0n) is 11.2. The van der Waals surface area contributed by atoms with E-state index in [-0.39, 0.29) is 0 Å². The summed E-state index contributed by atoms with van der Waals surface area (Å²) in [6, 6.07) is 1.01. The molecule has 0 fully saturated rings. The summed E-state index contributed by atoms with van der Waals surface area (Å²) < 4.78 is 53.3. The first-order valence-electron chi connectivity index (χ1n) is 6.06. The fourth-order valence-electron chi connectivity index (χ4n) is 1.68. The van der Waals surface area contributed by atoms with Crippen LogP contribution >= 0.6 is 15.9 Å². The van der Waals surface area contributed by atoms with Gasteiger partial charge in [0.25, 0.3) is 0 Å². The molecule has 118 valence electrons. The molecule has 2 aromatic rings.